The van der Waals surface area contributed by atoms with Crippen molar-refractivity contribution in [3.63, 3.8) is 0 Å². The Morgan fingerprint density at radius 3 is 1.77 bits per heavy atom. The molecule has 2 aliphatic rings. The summed E-state index contributed by atoms with van der Waals surface area (Å²) in [5.41, 5.74) is 4.26. The number of halogens is 6. The van der Waals surface area contributed by atoms with E-state index in [1.165, 1.54) is 0 Å². The number of alkyl halides is 6. The maximum atomic E-state index is 13.8. The Morgan fingerprint density at radius 2 is 1.13 bits per heavy atom. The maximum Gasteiger partial charge on any atom is 0.416 e. The van der Waals surface area contributed by atoms with E-state index in [4.69, 9.17) is 0 Å². The van der Waals surface area contributed by atoms with E-state index in [9.17, 15) is 26.3 Å². The number of rotatable bonds is 3. The molecule has 0 saturated carbocycles. The van der Waals surface area contributed by atoms with Gasteiger partial charge in [0.1, 0.15) is 0 Å². The van der Waals surface area contributed by atoms with Crippen LogP contribution in [0.25, 0.3) is 22.8 Å². The molecular formula is C33H22F6. The summed E-state index contributed by atoms with van der Waals surface area (Å²) >= 11 is 0. The minimum atomic E-state index is -4.93. The normalized spacial score (nSPS) is 18.7. The summed E-state index contributed by atoms with van der Waals surface area (Å²) in [5, 5.41) is 0. The van der Waals surface area contributed by atoms with E-state index < -0.39 is 29.4 Å². The first-order valence-corrected chi connectivity index (χ1v) is 12.5. The van der Waals surface area contributed by atoms with Gasteiger partial charge in [-0.1, -0.05) is 85.8 Å². The van der Waals surface area contributed by atoms with Gasteiger partial charge in [-0.2, -0.15) is 26.3 Å². The highest BCUT2D eigenvalue weighted by Gasteiger charge is 2.41. The molecule has 2 atom stereocenters. The molecule has 0 radical (unpaired) electrons. The van der Waals surface area contributed by atoms with Crippen molar-refractivity contribution in [1.29, 1.82) is 0 Å². The molecule has 6 rings (SSSR count). The van der Waals surface area contributed by atoms with Crippen molar-refractivity contribution in [2.75, 3.05) is 0 Å². The fraction of sp³-hybridized carbons (Fsp3) is 0.152. The van der Waals surface area contributed by atoms with Crippen molar-refractivity contribution in [1.82, 2.24) is 0 Å². The third-order valence-corrected chi connectivity index (χ3v) is 7.66. The van der Waals surface area contributed by atoms with Crippen LogP contribution in [0.2, 0.25) is 0 Å². The summed E-state index contributed by atoms with van der Waals surface area (Å²) < 4.78 is 82.9. The van der Waals surface area contributed by atoms with Gasteiger partial charge in [-0.05, 0) is 74.4 Å². The van der Waals surface area contributed by atoms with E-state index in [-0.39, 0.29) is 17.5 Å². The molecule has 0 aromatic heterocycles. The van der Waals surface area contributed by atoms with Gasteiger partial charge < -0.3 is 0 Å². The van der Waals surface area contributed by atoms with Gasteiger partial charge in [-0.3, -0.25) is 0 Å². The molecule has 39 heavy (non-hydrogen) atoms. The lowest BCUT2D eigenvalue weighted by atomic mass is 9.79. The van der Waals surface area contributed by atoms with E-state index in [1.54, 1.807) is 6.08 Å². The average Bonchev–Trinajstić information content (AvgIpc) is 3.43. The molecule has 0 fully saturated rings. The van der Waals surface area contributed by atoms with Crippen LogP contribution in [0.3, 0.4) is 0 Å². The number of benzene rings is 4. The summed E-state index contributed by atoms with van der Waals surface area (Å²) in [6.45, 7) is 2.09. The zero-order valence-electron chi connectivity index (χ0n) is 20.7. The first-order valence-electron chi connectivity index (χ1n) is 12.5. The minimum Gasteiger partial charge on any atom is -0.166 e. The van der Waals surface area contributed by atoms with Crippen LogP contribution in [0.5, 0.6) is 0 Å². The molecule has 4 aromatic rings. The van der Waals surface area contributed by atoms with E-state index in [0.717, 1.165) is 51.1 Å². The number of fused-ring (bicyclic) bond motifs is 2. The largest absolute Gasteiger partial charge is 0.416 e. The monoisotopic (exact) mass is 532 g/mol. The SMILES string of the molecule is CC1C(c2ccccc2)=C(C2C(c3cc(C(F)(F)F)cc(C(F)(F)F)c3)=Cc3ccccc32)c2ccccc21. The number of hydrogen-bond donors (Lipinski definition) is 0. The smallest absolute Gasteiger partial charge is 0.166 e. The standard InChI is InChI=1S/C33H22F6/c1-19-25-12-7-8-14-27(25)31(29(19)20-9-3-2-4-10-20)30-26-13-6-5-11-21(26)17-28(30)22-15-23(32(34,35)36)18-24(16-22)33(37,38)39/h2-19,30H,1H3. The zero-order chi connectivity index (χ0) is 27.5. The summed E-state index contributed by atoms with van der Waals surface area (Å²) in [6.07, 6.45) is -8.13. The van der Waals surface area contributed by atoms with Gasteiger partial charge >= 0.3 is 12.4 Å². The molecule has 0 spiro atoms. The Bertz CT molecular complexity index is 1600. The van der Waals surface area contributed by atoms with Gasteiger partial charge in [0.15, 0.2) is 0 Å². The molecular weight excluding hydrogens is 510 g/mol. The second-order valence-corrected chi connectivity index (χ2v) is 9.96. The van der Waals surface area contributed by atoms with Gasteiger partial charge in [0.2, 0.25) is 0 Å². The summed E-state index contributed by atoms with van der Waals surface area (Å²) in [6, 6.07) is 26.9. The number of hydrogen-bond acceptors (Lipinski definition) is 0. The van der Waals surface area contributed by atoms with Gasteiger partial charge in [0.25, 0.3) is 0 Å². The molecule has 0 heterocycles. The molecule has 0 saturated heterocycles. The van der Waals surface area contributed by atoms with Crippen molar-refractivity contribution in [2.24, 2.45) is 0 Å². The first kappa shape index (κ1) is 25.2. The number of allylic oxidation sites excluding steroid dienone is 3. The molecule has 196 valence electrons. The van der Waals surface area contributed by atoms with E-state index in [0.29, 0.717) is 5.57 Å². The molecule has 6 heteroatoms. The van der Waals surface area contributed by atoms with Crippen LogP contribution in [0.1, 0.15) is 63.3 Å². The Morgan fingerprint density at radius 1 is 0.564 bits per heavy atom. The molecule has 2 aliphatic carbocycles. The second kappa shape index (κ2) is 9.01. The van der Waals surface area contributed by atoms with Gasteiger partial charge in [-0.25, -0.2) is 0 Å². The second-order valence-electron chi connectivity index (χ2n) is 9.96. The average molecular weight is 533 g/mol. The van der Waals surface area contributed by atoms with E-state index in [2.05, 4.69) is 6.92 Å². The van der Waals surface area contributed by atoms with Crippen LogP contribution in [0, 0.1) is 0 Å². The predicted molar refractivity (Wildman–Crippen MR) is 142 cm³/mol. The highest BCUT2D eigenvalue weighted by Crippen LogP contribution is 2.58. The van der Waals surface area contributed by atoms with Gasteiger partial charge in [0.05, 0.1) is 11.1 Å². The quantitative estimate of drug-likeness (QED) is 0.230. The highest BCUT2D eigenvalue weighted by atomic mass is 19.4. The molecule has 0 aliphatic heterocycles. The van der Waals surface area contributed by atoms with Crippen molar-refractivity contribution < 1.29 is 26.3 Å². The zero-order valence-corrected chi connectivity index (χ0v) is 20.7. The van der Waals surface area contributed by atoms with Crippen LogP contribution in [-0.2, 0) is 12.4 Å². The fourth-order valence-electron chi connectivity index (χ4n) is 5.99. The summed E-state index contributed by atoms with van der Waals surface area (Å²) in [4.78, 5) is 0. The molecule has 0 N–H and O–H groups in total. The fourth-order valence-corrected chi connectivity index (χ4v) is 5.99. The highest BCUT2D eigenvalue weighted by molar-refractivity contribution is 6.10. The van der Waals surface area contributed by atoms with Gasteiger partial charge in [0, 0.05) is 11.8 Å². The predicted octanol–water partition coefficient (Wildman–Crippen LogP) is 10.1. The Hall–Kier alpha value is -4.06. The topological polar surface area (TPSA) is 0 Å². The van der Waals surface area contributed by atoms with Crippen LogP contribution in [-0.4, -0.2) is 0 Å². The molecule has 0 bridgehead atoms. The summed E-state index contributed by atoms with van der Waals surface area (Å²) in [5.74, 6) is -0.563. The lowest BCUT2D eigenvalue weighted by Crippen LogP contribution is -2.12. The Kier molecular flexibility index (Phi) is 5.83. The molecule has 4 aromatic carbocycles. The minimum absolute atomic E-state index is 0.0140. The molecule has 2 unspecified atom stereocenters. The molecule has 0 amide bonds. The summed E-state index contributed by atoms with van der Waals surface area (Å²) in [7, 11) is 0. The third kappa shape index (κ3) is 4.28. The Balaban J connectivity index is 1.65. The lowest BCUT2D eigenvalue weighted by Gasteiger charge is -2.24. The Labute approximate surface area is 221 Å². The first-order chi connectivity index (χ1) is 18.5. The van der Waals surface area contributed by atoms with Crippen LogP contribution in [0.15, 0.2) is 97.1 Å². The van der Waals surface area contributed by atoms with Crippen LogP contribution >= 0.6 is 0 Å². The van der Waals surface area contributed by atoms with Crippen LogP contribution < -0.4 is 0 Å². The van der Waals surface area contributed by atoms with Crippen LogP contribution in [0.4, 0.5) is 26.3 Å². The van der Waals surface area contributed by atoms with Gasteiger partial charge in [-0.15, -0.1) is 0 Å². The van der Waals surface area contributed by atoms with Crippen molar-refractivity contribution in [3.05, 3.63) is 142 Å². The maximum absolute atomic E-state index is 13.8. The third-order valence-electron chi connectivity index (χ3n) is 7.66. The molecule has 0 nitrogen and oxygen atoms in total. The van der Waals surface area contributed by atoms with Crippen molar-refractivity contribution in [3.8, 4) is 0 Å². The van der Waals surface area contributed by atoms with Crippen molar-refractivity contribution >= 4 is 22.8 Å². The van der Waals surface area contributed by atoms with E-state index >= 15 is 0 Å². The van der Waals surface area contributed by atoms with E-state index in [1.807, 2.05) is 78.9 Å². The lowest BCUT2D eigenvalue weighted by molar-refractivity contribution is -0.143. The van der Waals surface area contributed by atoms with Crippen molar-refractivity contribution in [2.45, 2.75) is 31.1 Å².